The first-order valence-electron chi connectivity index (χ1n) is 11.1. The molecule has 2 aromatic carbocycles. The minimum Gasteiger partial charge on any atom is -0.496 e. The van der Waals surface area contributed by atoms with Crippen molar-refractivity contribution >= 4 is 5.91 Å². The maximum Gasteiger partial charge on any atom is 0.253 e. The fourth-order valence-electron chi connectivity index (χ4n) is 5.03. The fraction of sp³-hybridized carbons (Fsp3) is 0.417. The third-order valence-electron chi connectivity index (χ3n) is 6.61. The number of carbonyl (C=O) groups excluding carboxylic acids is 1. The molecular weight excluding hydrogens is 425 g/mol. The van der Waals surface area contributed by atoms with E-state index in [1.54, 1.807) is 7.11 Å². The van der Waals surface area contributed by atoms with Crippen LogP contribution in [-0.2, 0) is 11.4 Å². The predicted molar refractivity (Wildman–Crippen MR) is 118 cm³/mol. The summed E-state index contributed by atoms with van der Waals surface area (Å²) in [7, 11) is 1.63. The van der Waals surface area contributed by atoms with E-state index >= 15 is 0 Å². The van der Waals surface area contributed by atoms with E-state index in [-0.39, 0.29) is 23.3 Å². The molecule has 0 bridgehead atoms. The van der Waals surface area contributed by atoms with Crippen LogP contribution in [0.25, 0.3) is 5.69 Å². The van der Waals surface area contributed by atoms with Gasteiger partial charge in [0.05, 0.1) is 25.0 Å². The number of likely N-dealkylation sites (tertiary alicyclic amines) is 1. The van der Waals surface area contributed by atoms with Gasteiger partial charge in [-0.15, -0.1) is 5.10 Å². The molecule has 0 aliphatic carbocycles. The van der Waals surface area contributed by atoms with Crippen LogP contribution in [-0.4, -0.2) is 63.4 Å². The third kappa shape index (κ3) is 4.08. The van der Waals surface area contributed by atoms with E-state index in [1.807, 2.05) is 53.4 Å². The summed E-state index contributed by atoms with van der Waals surface area (Å²) in [4.78, 5) is 14.9. The standard InChI is InChI=1S/C24H26FN5O3/c1-32-21-9-8-19(30-22(14-25)26-27-28-30)12-20(21)18-13-24(33-15-18)10-5-11-29(16-24)23(31)17-6-3-2-4-7-17/h2-4,6-9,12,18H,5,10-11,13-16H2,1H3/t18-,24+/m0/s1. The topological polar surface area (TPSA) is 82.4 Å². The molecule has 2 fully saturated rings. The fourth-order valence-corrected chi connectivity index (χ4v) is 5.03. The summed E-state index contributed by atoms with van der Waals surface area (Å²) in [5, 5.41) is 11.2. The second kappa shape index (κ2) is 8.90. The van der Waals surface area contributed by atoms with Crippen molar-refractivity contribution in [3.63, 3.8) is 0 Å². The molecule has 8 nitrogen and oxygen atoms in total. The van der Waals surface area contributed by atoms with Crippen molar-refractivity contribution in [2.24, 2.45) is 0 Å². The highest BCUT2D eigenvalue weighted by Gasteiger charge is 2.45. The van der Waals surface area contributed by atoms with Gasteiger partial charge in [0.25, 0.3) is 5.91 Å². The van der Waals surface area contributed by atoms with Crippen LogP contribution in [0, 0.1) is 0 Å². The maximum absolute atomic E-state index is 13.3. The van der Waals surface area contributed by atoms with Gasteiger partial charge in [0, 0.05) is 30.1 Å². The van der Waals surface area contributed by atoms with Crippen LogP contribution in [0.2, 0.25) is 0 Å². The van der Waals surface area contributed by atoms with E-state index in [0.29, 0.717) is 24.4 Å². The summed E-state index contributed by atoms with van der Waals surface area (Å²) in [6.45, 7) is 1.07. The van der Waals surface area contributed by atoms with Crippen LogP contribution in [0.5, 0.6) is 5.75 Å². The average molecular weight is 452 g/mol. The second-order valence-electron chi connectivity index (χ2n) is 8.66. The first-order valence-corrected chi connectivity index (χ1v) is 11.1. The summed E-state index contributed by atoms with van der Waals surface area (Å²) >= 11 is 0. The predicted octanol–water partition coefficient (Wildman–Crippen LogP) is 3.32. The molecule has 2 atom stereocenters. The molecule has 3 heterocycles. The van der Waals surface area contributed by atoms with Gasteiger partial charge in [0.2, 0.25) is 0 Å². The monoisotopic (exact) mass is 451 g/mol. The van der Waals surface area contributed by atoms with Gasteiger partial charge in [-0.1, -0.05) is 18.2 Å². The van der Waals surface area contributed by atoms with Gasteiger partial charge in [-0.2, -0.15) is 4.68 Å². The molecule has 2 saturated heterocycles. The van der Waals surface area contributed by atoms with Gasteiger partial charge >= 0.3 is 0 Å². The summed E-state index contributed by atoms with van der Waals surface area (Å²) in [5.41, 5.74) is 1.96. The van der Waals surface area contributed by atoms with Crippen molar-refractivity contribution < 1.29 is 18.7 Å². The Morgan fingerprint density at radius 3 is 2.91 bits per heavy atom. The largest absolute Gasteiger partial charge is 0.496 e. The Balaban J connectivity index is 1.38. The Morgan fingerprint density at radius 2 is 2.12 bits per heavy atom. The van der Waals surface area contributed by atoms with Crippen molar-refractivity contribution in [1.82, 2.24) is 25.1 Å². The number of amides is 1. The molecule has 5 rings (SSSR count). The van der Waals surface area contributed by atoms with E-state index in [0.717, 1.165) is 37.1 Å². The Hall–Kier alpha value is -3.33. The zero-order chi connectivity index (χ0) is 22.8. The molecule has 1 aromatic heterocycles. The molecule has 0 radical (unpaired) electrons. The molecule has 0 unspecified atom stereocenters. The molecule has 2 aliphatic rings. The smallest absolute Gasteiger partial charge is 0.253 e. The molecular formula is C24H26FN5O3. The van der Waals surface area contributed by atoms with Crippen LogP contribution in [0.3, 0.4) is 0 Å². The quantitative estimate of drug-likeness (QED) is 0.592. The number of piperidine rings is 1. The van der Waals surface area contributed by atoms with Gasteiger partial charge in [0.1, 0.15) is 5.75 Å². The van der Waals surface area contributed by atoms with Gasteiger partial charge < -0.3 is 14.4 Å². The number of rotatable bonds is 5. The summed E-state index contributed by atoms with van der Waals surface area (Å²) in [5.74, 6) is 1.01. The maximum atomic E-state index is 13.3. The zero-order valence-electron chi connectivity index (χ0n) is 18.5. The van der Waals surface area contributed by atoms with Crippen LogP contribution in [0.4, 0.5) is 4.39 Å². The number of carbonyl (C=O) groups is 1. The first kappa shape index (κ1) is 21.5. The lowest BCUT2D eigenvalue weighted by Crippen LogP contribution is -2.50. The molecule has 172 valence electrons. The van der Waals surface area contributed by atoms with E-state index in [1.165, 1.54) is 4.68 Å². The number of aromatic nitrogens is 4. The van der Waals surface area contributed by atoms with Crippen molar-refractivity contribution in [2.45, 2.75) is 37.5 Å². The molecule has 0 N–H and O–H groups in total. The lowest BCUT2D eigenvalue weighted by molar-refractivity contribution is -0.0447. The van der Waals surface area contributed by atoms with Gasteiger partial charge in [-0.3, -0.25) is 4.79 Å². The van der Waals surface area contributed by atoms with Crippen molar-refractivity contribution in [3.05, 3.63) is 65.5 Å². The summed E-state index contributed by atoms with van der Waals surface area (Å²) in [6, 6.07) is 15.0. The highest BCUT2D eigenvalue weighted by Crippen LogP contribution is 2.44. The summed E-state index contributed by atoms with van der Waals surface area (Å²) < 4.78 is 26.7. The van der Waals surface area contributed by atoms with E-state index in [4.69, 9.17) is 9.47 Å². The first-order chi connectivity index (χ1) is 16.1. The highest BCUT2D eigenvalue weighted by molar-refractivity contribution is 5.94. The number of tetrazole rings is 1. The van der Waals surface area contributed by atoms with Gasteiger partial charge in [0.15, 0.2) is 12.5 Å². The van der Waals surface area contributed by atoms with Crippen molar-refractivity contribution in [1.29, 1.82) is 0 Å². The molecule has 0 saturated carbocycles. The summed E-state index contributed by atoms with van der Waals surface area (Å²) in [6.07, 6.45) is 2.58. The third-order valence-corrected chi connectivity index (χ3v) is 6.61. The average Bonchev–Trinajstić information content (AvgIpc) is 3.51. The lowest BCUT2D eigenvalue weighted by Gasteiger charge is -2.40. The van der Waals surface area contributed by atoms with Crippen molar-refractivity contribution in [3.8, 4) is 11.4 Å². The van der Waals surface area contributed by atoms with Crippen molar-refractivity contribution in [2.75, 3.05) is 26.8 Å². The molecule has 1 amide bonds. The van der Waals surface area contributed by atoms with Crippen LogP contribution in [0.15, 0.2) is 48.5 Å². The number of benzene rings is 2. The zero-order valence-corrected chi connectivity index (χ0v) is 18.5. The number of halogens is 1. The molecule has 2 aliphatic heterocycles. The SMILES string of the molecule is COc1ccc(-n2nnnc2CF)cc1[C@@H]1CO[C@]2(CCCN(C(=O)c3ccccc3)C2)C1. The minimum atomic E-state index is -0.755. The van der Waals surface area contributed by atoms with Gasteiger partial charge in [-0.25, -0.2) is 4.39 Å². The molecule has 1 spiro atoms. The van der Waals surface area contributed by atoms with E-state index in [2.05, 4.69) is 15.5 Å². The number of hydrogen-bond donors (Lipinski definition) is 0. The minimum absolute atomic E-state index is 0.0405. The Bertz CT molecular complexity index is 1140. The second-order valence-corrected chi connectivity index (χ2v) is 8.66. The van der Waals surface area contributed by atoms with Gasteiger partial charge in [-0.05, 0) is 60.0 Å². The number of methoxy groups -OCH3 is 1. The Labute approximate surface area is 191 Å². The van der Waals surface area contributed by atoms with Crippen LogP contribution >= 0.6 is 0 Å². The number of ether oxygens (including phenoxy) is 2. The lowest BCUT2D eigenvalue weighted by atomic mass is 9.83. The highest BCUT2D eigenvalue weighted by atomic mass is 19.1. The van der Waals surface area contributed by atoms with E-state index in [9.17, 15) is 9.18 Å². The Kier molecular flexibility index (Phi) is 5.80. The van der Waals surface area contributed by atoms with Crippen LogP contribution in [0.1, 0.15) is 46.9 Å². The number of hydrogen-bond acceptors (Lipinski definition) is 6. The molecule has 9 heteroatoms. The van der Waals surface area contributed by atoms with Crippen LogP contribution < -0.4 is 4.74 Å². The normalized spacial score (nSPS) is 22.6. The van der Waals surface area contributed by atoms with E-state index < -0.39 is 6.67 Å². The number of alkyl halides is 1. The molecule has 3 aromatic rings. The Morgan fingerprint density at radius 1 is 1.27 bits per heavy atom. The molecule has 33 heavy (non-hydrogen) atoms. The number of nitrogens with zero attached hydrogens (tertiary/aromatic N) is 5.